The van der Waals surface area contributed by atoms with Crippen molar-refractivity contribution in [1.29, 1.82) is 0 Å². The first-order valence-electron chi connectivity index (χ1n) is 9.35. The largest absolute Gasteiger partial charge is 0.455 e. The zero-order chi connectivity index (χ0) is 23.4. The summed E-state index contributed by atoms with van der Waals surface area (Å²) in [5.41, 5.74) is -0.0524. The van der Waals surface area contributed by atoms with Gasteiger partial charge >= 0.3 is 5.97 Å². The summed E-state index contributed by atoms with van der Waals surface area (Å²) in [6, 6.07) is 14.1. The van der Waals surface area contributed by atoms with Crippen LogP contribution in [0.5, 0.6) is 0 Å². The highest BCUT2D eigenvalue weighted by molar-refractivity contribution is 7.92. The molecule has 0 aliphatic heterocycles. The Morgan fingerprint density at radius 2 is 1.97 bits per heavy atom. The van der Waals surface area contributed by atoms with E-state index in [0.717, 1.165) is 10.9 Å². The quantitative estimate of drug-likeness (QED) is 0.219. The second-order valence-electron chi connectivity index (χ2n) is 6.60. The molecule has 0 saturated heterocycles. The number of oxazole rings is 1. The fraction of sp³-hybridized carbons (Fsp3) is 0.0476. The molecule has 0 spiro atoms. The van der Waals surface area contributed by atoms with Gasteiger partial charge in [0.15, 0.2) is 0 Å². The van der Waals surface area contributed by atoms with Gasteiger partial charge in [0.05, 0.1) is 25.9 Å². The van der Waals surface area contributed by atoms with Crippen LogP contribution in [0.3, 0.4) is 0 Å². The summed E-state index contributed by atoms with van der Waals surface area (Å²) in [6.45, 7) is -0.181. The Labute approximate surface area is 191 Å². The monoisotopic (exact) mass is 485 g/mol. The molecule has 0 fully saturated rings. The average Bonchev–Trinajstić information content (AvgIpc) is 3.50. The molecule has 12 heteroatoms. The van der Waals surface area contributed by atoms with Gasteiger partial charge < -0.3 is 9.15 Å². The predicted molar refractivity (Wildman–Crippen MR) is 119 cm³/mol. The van der Waals surface area contributed by atoms with E-state index in [1.165, 1.54) is 54.0 Å². The van der Waals surface area contributed by atoms with Crippen molar-refractivity contribution in [2.45, 2.75) is 11.5 Å². The number of nitrogens with one attached hydrogen (secondary N) is 1. The van der Waals surface area contributed by atoms with Crippen LogP contribution in [0.15, 0.2) is 81.6 Å². The number of carbonyl (C=O) groups is 1. The van der Waals surface area contributed by atoms with Gasteiger partial charge in [0.2, 0.25) is 5.89 Å². The normalized spacial score (nSPS) is 11.2. The maximum Gasteiger partial charge on any atom is 0.340 e. The number of esters is 1. The summed E-state index contributed by atoms with van der Waals surface area (Å²) in [4.78, 5) is 27.7. The van der Waals surface area contributed by atoms with E-state index in [4.69, 9.17) is 9.15 Å². The van der Waals surface area contributed by atoms with Gasteiger partial charge in [-0.25, -0.2) is 18.2 Å². The number of thiophene rings is 1. The van der Waals surface area contributed by atoms with Crippen molar-refractivity contribution >= 4 is 38.7 Å². The minimum absolute atomic E-state index is 0.0338. The maximum atomic E-state index is 12.7. The molecule has 0 aliphatic carbocycles. The standard InChI is InChI=1S/C21H15N3O7S2/c25-21(31-13-14-12-30-20(22-14)19-9-4-10-32-19)17-7-1-2-8-18(17)23-33(28,29)16-6-3-5-15(11-16)24(26)27/h1-12,23H,13H2. The van der Waals surface area contributed by atoms with Gasteiger partial charge in [-0.05, 0) is 29.6 Å². The highest BCUT2D eigenvalue weighted by atomic mass is 32.2. The number of nitro groups is 1. The minimum atomic E-state index is -4.20. The van der Waals surface area contributed by atoms with Gasteiger partial charge in [-0.2, -0.15) is 0 Å². The number of hydrogen-bond donors (Lipinski definition) is 1. The number of nitrogens with zero attached hydrogens (tertiary/aromatic N) is 2. The molecule has 0 bridgehead atoms. The predicted octanol–water partition coefficient (Wildman–Crippen LogP) is 4.47. The molecule has 0 radical (unpaired) electrons. The van der Waals surface area contributed by atoms with Crippen molar-refractivity contribution in [3.8, 4) is 10.8 Å². The van der Waals surface area contributed by atoms with E-state index in [2.05, 4.69) is 9.71 Å². The van der Waals surface area contributed by atoms with E-state index in [0.29, 0.717) is 11.6 Å². The number of para-hydroxylation sites is 1. The van der Waals surface area contributed by atoms with Crippen molar-refractivity contribution in [3.63, 3.8) is 0 Å². The zero-order valence-corrected chi connectivity index (χ0v) is 18.3. The molecule has 10 nitrogen and oxygen atoms in total. The minimum Gasteiger partial charge on any atom is -0.455 e. The Hall–Kier alpha value is -4.03. The number of benzene rings is 2. The lowest BCUT2D eigenvalue weighted by Gasteiger charge is -2.12. The molecule has 0 unspecified atom stereocenters. The van der Waals surface area contributed by atoms with Crippen molar-refractivity contribution in [3.05, 3.63) is 93.7 Å². The number of anilines is 1. The lowest BCUT2D eigenvalue weighted by atomic mass is 10.2. The third kappa shape index (κ3) is 5.07. The number of aromatic nitrogens is 1. The molecule has 2 aromatic heterocycles. The Kier molecular flexibility index (Phi) is 6.20. The molecule has 4 rings (SSSR count). The molecular formula is C21H15N3O7S2. The molecule has 2 aromatic carbocycles. The van der Waals surface area contributed by atoms with Crippen molar-refractivity contribution in [2.75, 3.05) is 4.72 Å². The summed E-state index contributed by atoms with van der Waals surface area (Å²) < 4.78 is 38.4. The lowest BCUT2D eigenvalue weighted by molar-refractivity contribution is -0.385. The van der Waals surface area contributed by atoms with Gasteiger partial charge in [0.1, 0.15) is 18.6 Å². The molecule has 33 heavy (non-hydrogen) atoms. The van der Waals surface area contributed by atoms with Gasteiger partial charge in [0.25, 0.3) is 15.7 Å². The van der Waals surface area contributed by atoms with E-state index >= 15 is 0 Å². The first-order chi connectivity index (χ1) is 15.8. The second-order valence-corrected chi connectivity index (χ2v) is 9.23. The van der Waals surface area contributed by atoms with Crippen LogP contribution in [0.2, 0.25) is 0 Å². The SMILES string of the molecule is O=C(OCc1coc(-c2cccs2)n1)c1ccccc1NS(=O)(=O)c1cccc([N+](=O)[O-])c1. The summed E-state index contributed by atoms with van der Waals surface area (Å²) >= 11 is 1.45. The first-order valence-corrected chi connectivity index (χ1v) is 11.7. The molecule has 0 aliphatic rings. The maximum absolute atomic E-state index is 12.7. The molecular weight excluding hydrogens is 470 g/mol. The van der Waals surface area contributed by atoms with Gasteiger partial charge in [-0.15, -0.1) is 11.3 Å². The van der Waals surface area contributed by atoms with E-state index < -0.39 is 20.9 Å². The Bertz CT molecular complexity index is 1410. The molecule has 0 atom stereocenters. The summed E-state index contributed by atoms with van der Waals surface area (Å²) in [5.74, 6) is -0.380. The van der Waals surface area contributed by atoms with E-state index in [1.54, 1.807) is 6.07 Å². The fourth-order valence-electron chi connectivity index (χ4n) is 2.82. The van der Waals surface area contributed by atoms with E-state index in [-0.39, 0.29) is 28.4 Å². The van der Waals surface area contributed by atoms with Gasteiger partial charge in [-0.1, -0.05) is 24.3 Å². The highest BCUT2D eigenvalue weighted by Crippen LogP contribution is 2.25. The highest BCUT2D eigenvalue weighted by Gasteiger charge is 2.21. The van der Waals surface area contributed by atoms with Gasteiger partial charge in [-0.3, -0.25) is 14.8 Å². The number of ether oxygens (including phenoxy) is 1. The number of non-ortho nitro benzene ring substituents is 1. The molecule has 1 N–H and O–H groups in total. The average molecular weight is 485 g/mol. The fourth-order valence-corrected chi connectivity index (χ4v) is 4.60. The summed E-state index contributed by atoms with van der Waals surface area (Å²) in [7, 11) is -4.20. The Morgan fingerprint density at radius 3 is 2.73 bits per heavy atom. The second kappa shape index (κ2) is 9.22. The molecule has 168 valence electrons. The van der Waals surface area contributed by atoms with E-state index in [9.17, 15) is 23.3 Å². The Balaban J connectivity index is 1.49. The summed E-state index contributed by atoms with van der Waals surface area (Å²) in [5, 5.41) is 12.8. The number of carbonyl (C=O) groups excluding carboxylic acids is 1. The number of sulfonamides is 1. The molecule has 4 aromatic rings. The van der Waals surface area contributed by atoms with Crippen LogP contribution in [0.25, 0.3) is 10.8 Å². The van der Waals surface area contributed by atoms with Crippen molar-refractivity contribution in [2.24, 2.45) is 0 Å². The first kappa shape index (κ1) is 22.2. The third-order valence-electron chi connectivity index (χ3n) is 4.36. The molecule has 0 saturated carbocycles. The smallest absolute Gasteiger partial charge is 0.340 e. The van der Waals surface area contributed by atoms with Gasteiger partial charge in [0, 0.05) is 12.1 Å². The third-order valence-corrected chi connectivity index (χ3v) is 6.59. The lowest BCUT2D eigenvalue weighted by Crippen LogP contribution is -2.16. The zero-order valence-electron chi connectivity index (χ0n) is 16.7. The van der Waals surface area contributed by atoms with Crippen molar-refractivity contribution in [1.82, 2.24) is 4.98 Å². The van der Waals surface area contributed by atoms with Crippen LogP contribution >= 0.6 is 11.3 Å². The van der Waals surface area contributed by atoms with Crippen LogP contribution in [0.4, 0.5) is 11.4 Å². The van der Waals surface area contributed by atoms with Crippen LogP contribution < -0.4 is 4.72 Å². The number of rotatable bonds is 8. The molecule has 2 heterocycles. The Morgan fingerprint density at radius 1 is 1.15 bits per heavy atom. The number of nitro benzene ring substituents is 1. The molecule has 0 amide bonds. The van der Waals surface area contributed by atoms with Crippen LogP contribution in [-0.2, 0) is 21.4 Å². The van der Waals surface area contributed by atoms with E-state index in [1.807, 2.05) is 17.5 Å². The van der Waals surface area contributed by atoms with Crippen LogP contribution in [0.1, 0.15) is 16.1 Å². The van der Waals surface area contributed by atoms with Crippen molar-refractivity contribution < 1.29 is 27.3 Å². The van der Waals surface area contributed by atoms with Crippen LogP contribution in [0, 0.1) is 10.1 Å². The number of hydrogen-bond acceptors (Lipinski definition) is 9. The summed E-state index contributed by atoms with van der Waals surface area (Å²) in [6.07, 6.45) is 1.37. The van der Waals surface area contributed by atoms with Crippen LogP contribution in [-0.4, -0.2) is 24.3 Å². The topological polar surface area (TPSA) is 142 Å².